The van der Waals surface area contributed by atoms with Crippen molar-refractivity contribution in [3.63, 3.8) is 0 Å². The monoisotopic (exact) mass is 186 g/mol. The summed E-state index contributed by atoms with van der Waals surface area (Å²) in [5.41, 5.74) is 0. The molecule has 0 spiro atoms. The summed E-state index contributed by atoms with van der Waals surface area (Å²) in [5, 5.41) is 0. The van der Waals surface area contributed by atoms with E-state index >= 15 is 0 Å². The van der Waals surface area contributed by atoms with Crippen LogP contribution in [0.15, 0.2) is 0 Å². The highest BCUT2D eigenvalue weighted by molar-refractivity contribution is 5.65. The van der Waals surface area contributed by atoms with Crippen molar-refractivity contribution in [2.24, 2.45) is 17.8 Å². The molecule has 0 bridgehead atoms. The molecular formula is C11H22O2. The van der Waals surface area contributed by atoms with Crippen LogP contribution < -0.4 is 0 Å². The third-order valence-corrected chi connectivity index (χ3v) is 2.99. The van der Waals surface area contributed by atoms with Gasteiger partial charge in [-0.15, -0.1) is 0 Å². The lowest BCUT2D eigenvalue weighted by atomic mass is 9.84. The molecule has 3 atom stereocenters. The van der Waals surface area contributed by atoms with Gasteiger partial charge in [0.25, 0.3) is 0 Å². The van der Waals surface area contributed by atoms with E-state index in [1.807, 2.05) is 0 Å². The van der Waals surface area contributed by atoms with E-state index in [1.54, 1.807) is 0 Å². The quantitative estimate of drug-likeness (QED) is 0.617. The highest BCUT2D eigenvalue weighted by Crippen LogP contribution is 2.23. The molecule has 0 N–H and O–H groups in total. The summed E-state index contributed by atoms with van der Waals surface area (Å²) in [5.74, 6) is 1.59. The Morgan fingerprint density at radius 1 is 1.23 bits per heavy atom. The predicted octanol–water partition coefficient (Wildman–Crippen LogP) is 2.87. The largest absolute Gasteiger partial charge is 0.466 e. The zero-order valence-corrected chi connectivity index (χ0v) is 9.46. The van der Waals surface area contributed by atoms with E-state index in [1.165, 1.54) is 13.3 Å². The number of carbonyl (C=O) groups excluding carboxylic acids is 1. The molecule has 2 nitrogen and oxygen atoms in total. The smallest absolute Gasteiger partial charge is 0.302 e. The maximum Gasteiger partial charge on any atom is 0.302 e. The summed E-state index contributed by atoms with van der Waals surface area (Å²) in [6, 6.07) is 0. The molecule has 0 saturated carbocycles. The molecule has 0 saturated heterocycles. The minimum absolute atomic E-state index is 0.178. The lowest BCUT2D eigenvalue weighted by molar-refractivity contribution is -0.142. The summed E-state index contributed by atoms with van der Waals surface area (Å²) >= 11 is 0. The van der Waals surface area contributed by atoms with Crippen LogP contribution in [0.1, 0.15) is 41.0 Å². The van der Waals surface area contributed by atoms with Crippen molar-refractivity contribution in [3.8, 4) is 0 Å². The van der Waals surface area contributed by atoms with E-state index in [0.717, 1.165) is 0 Å². The average molecular weight is 186 g/mol. The van der Waals surface area contributed by atoms with Gasteiger partial charge in [-0.3, -0.25) is 4.79 Å². The first-order valence-corrected chi connectivity index (χ1v) is 5.12. The Bertz CT molecular complexity index is 154. The fraction of sp³-hybridized carbons (Fsp3) is 0.909. The SMILES string of the molecule is CCC(C)C(C)C(C)COC(C)=O. The molecule has 0 heterocycles. The summed E-state index contributed by atoms with van der Waals surface area (Å²) in [6.45, 7) is 10.8. The summed E-state index contributed by atoms with van der Waals surface area (Å²) in [7, 11) is 0. The highest BCUT2D eigenvalue weighted by atomic mass is 16.5. The minimum Gasteiger partial charge on any atom is -0.466 e. The number of hydrogen-bond donors (Lipinski definition) is 0. The van der Waals surface area contributed by atoms with E-state index in [9.17, 15) is 4.79 Å². The van der Waals surface area contributed by atoms with Crippen molar-refractivity contribution >= 4 is 5.97 Å². The van der Waals surface area contributed by atoms with Crippen molar-refractivity contribution in [3.05, 3.63) is 0 Å². The molecular weight excluding hydrogens is 164 g/mol. The molecule has 0 aliphatic rings. The molecule has 0 rings (SSSR count). The number of carbonyl (C=O) groups is 1. The van der Waals surface area contributed by atoms with Gasteiger partial charge in [0.2, 0.25) is 0 Å². The van der Waals surface area contributed by atoms with Gasteiger partial charge in [0.05, 0.1) is 6.61 Å². The second-order valence-corrected chi connectivity index (χ2v) is 4.02. The van der Waals surface area contributed by atoms with E-state index in [0.29, 0.717) is 24.4 Å². The molecule has 0 aromatic heterocycles. The molecule has 0 fully saturated rings. The number of esters is 1. The van der Waals surface area contributed by atoms with Gasteiger partial charge in [-0.25, -0.2) is 0 Å². The number of ether oxygens (including phenoxy) is 1. The number of hydrogen-bond acceptors (Lipinski definition) is 2. The summed E-state index contributed by atoms with van der Waals surface area (Å²) in [4.78, 5) is 10.6. The number of rotatable bonds is 5. The summed E-state index contributed by atoms with van der Waals surface area (Å²) in [6.07, 6.45) is 1.19. The van der Waals surface area contributed by atoms with E-state index in [4.69, 9.17) is 4.74 Å². The van der Waals surface area contributed by atoms with Gasteiger partial charge in [-0.1, -0.05) is 34.1 Å². The first kappa shape index (κ1) is 12.5. The molecule has 0 radical (unpaired) electrons. The zero-order valence-electron chi connectivity index (χ0n) is 9.46. The predicted molar refractivity (Wildman–Crippen MR) is 54.4 cm³/mol. The Morgan fingerprint density at radius 2 is 1.77 bits per heavy atom. The molecule has 2 heteroatoms. The Labute approximate surface area is 81.7 Å². The Morgan fingerprint density at radius 3 is 2.15 bits per heavy atom. The van der Waals surface area contributed by atoms with Crippen LogP contribution in [-0.4, -0.2) is 12.6 Å². The van der Waals surface area contributed by atoms with Gasteiger partial charge in [0.15, 0.2) is 0 Å². The van der Waals surface area contributed by atoms with Crippen LogP contribution in [0.5, 0.6) is 0 Å². The van der Waals surface area contributed by atoms with Crippen LogP contribution in [0.4, 0.5) is 0 Å². The Balaban J connectivity index is 3.81. The van der Waals surface area contributed by atoms with Crippen molar-refractivity contribution in [2.45, 2.75) is 41.0 Å². The Hall–Kier alpha value is -0.530. The van der Waals surface area contributed by atoms with Crippen molar-refractivity contribution < 1.29 is 9.53 Å². The standard InChI is InChI=1S/C11H22O2/c1-6-8(2)10(4)9(3)7-13-11(5)12/h8-10H,6-7H2,1-5H3. The zero-order chi connectivity index (χ0) is 10.4. The van der Waals surface area contributed by atoms with Crippen LogP contribution in [0, 0.1) is 17.8 Å². The molecule has 3 unspecified atom stereocenters. The van der Waals surface area contributed by atoms with Crippen LogP contribution in [0.25, 0.3) is 0 Å². The molecule has 0 amide bonds. The molecule has 78 valence electrons. The van der Waals surface area contributed by atoms with Gasteiger partial charge in [-0.05, 0) is 17.8 Å². The second-order valence-electron chi connectivity index (χ2n) is 4.02. The van der Waals surface area contributed by atoms with Gasteiger partial charge in [-0.2, -0.15) is 0 Å². The lowest BCUT2D eigenvalue weighted by Crippen LogP contribution is -2.21. The maximum atomic E-state index is 10.6. The normalized spacial score (nSPS) is 17.6. The van der Waals surface area contributed by atoms with Crippen LogP contribution >= 0.6 is 0 Å². The summed E-state index contributed by atoms with van der Waals surface area (Å²) < 4.78 is 4.98. The van der Waals surface area contributed by atoms with Gasteiger partial charge in [0, 0.05) is 6.92 Å². The van der Waals surface area contributed by atoms with Gasteiger partial charge >= 0.3 is 5.97 Å². The van der Waals surface area contributed by atoms with E-state index in [2.05, 4.69) is 27.7 Å². The third-order valence-electron chi connectivity index (χ3n) is 2.99. The first-order valence-electron chi connectivity index (χ1n) is 5.12. The van der Waals surface area contributed by atoms with Crippen LogP contribution in [0.3, 0.4) is 0 Å². The molecule has 0 aromatic rings. The lowest BCUT2D eigenvalue weighted by Gasteiger charge is -2.24. The topological polar surface area (TPSA) is 26.3 Å². The van der Waals surface area contributed by atoms with Crippen molar-refractivity contribution in [1.82, 2.24) is 0 Å². The van der Waals surface area contributed by atoms with Gasteiger partial charge < -0.3 is 4.74 Å². The van der Waals surface area contributed by atoms with Gasteiger partial charge in [0.1, 0.15) is 0 Å². The molecule has 0 aliphatic heterocycles. The third kappa shape index (κ3) is 4.91. The van der Waals surface area contributed by atoms with Crippen LogP contribution in [0.2, 0.25) is 0 Å². The second kappa shape index (κ2) is 6.01. The average Bonchev–Trinajstić information content (AvgIpc) is 2.11. The van der Waals surface area contributed by atoms with E-state index < -0.39 is 0 Å². The fourth-order valence-corrected chi connectivity index (χ4v) is 1.33. The van der Waals surface area contributed by atoms with E-state index in [-0.39, 0.29) is 5.97 Å². The molecule has 0 aromatic carbocycles. The fourth-order valence-electron chi connectivity index (χ4n) is 1.33. The molecule has 13 heavy (non-hydrogen) atoms. The first-order chi connectivity index (χ1) is 5.99. The molecule has 0 aliphatic carbocycles. The van der Waals surface area contributed by atoms with Crippen molar-refractivity contribution in [2.75, 3.05) is 6.61 Å². The Kier molecular flexibility index (Phi) is 5.76. The highest BCUT2D eigenvalue weighted by Gasteiger charge is 2.18. The van der Waals surface area contributed by atoms with Crippen molar-refractivity contribution in [1.29, 1.82) is 0 Å². The van der Waals surface area contributed by atoms with Crippen LogP contribution in [-0.2, 0) is 9.53 Å². The maximum absolute atomic E-state index is 10.6. The minimum atomic E-state index is -0.178.